The Kier molecular flexibility index (Phi) is 7.86. The van der Waals surface area contributed by atoms with Crippen molar-refractivity contribution >= 4 is 19.0 Å². The van der Waals surface area contributed by atoms with Gasteiger partial charge in [0.25, 0.3) is 0 Å². The van der Waals surface area contributed by atoms with Gasteiger partial charge in [-0.1, -0.05) is 18.2 Å². The molecule has 1 aliphatic rings. The number of para-hydroxylation sites is 1. The summed E-state index contributed by atoms with van der Waals surface area (Å²) in [7, 11) is -2.95. The average Bonchev–Trinajstić information content (AvgIpc) is 2.69. The second kappa shape index (κ2) is 8.75. The predicted octanol–water partition coefficient (Wildman–Crippen LogP) is 1.74. The molecule has 1 aliphatic heterocycles. The van der Waals surface area contributed by atoms with E-state index in [0.717, 1.165) is 13.0 Å². The molecule has 0 N–H and O–H groups in total. The lowest BCUT2D eigenvalue weighted by molar-refractivity contribution is -0.438. The lowest BCUT2D eigenvalue weighted by Gasteiger charge is -2.16. The second-order valence-electron chi connectivity index (χ2n) is 6.40. The van der Waals surface area contributed by atoms with Gasteiger partial charge in [-0.25, -0.2) is 0 Å². The molecule has 0 unspecified atom stereocenters. The van der Waals surface area contributed by atoms with Crippen molar-refractivity contribution in [2.45, 2.75) is 46.5 Å². The molecule has 0 saturated heterocycles. The van der Waals surface area contributed by atoms with Gasteiger partial charge >= 0.3 is 7.60 Å². The van der Waals surface area contributed by atoms with Crippen LogP contribution in [0.25, 0.3) is 0 Å². The van der Waals surface area contributed by atoms with E-state index < -0.39 is 7.60 Å². The molecule has 136 valence electrons. The van der Waals surface area contributed by atoms with Gasteiger partial charge in [0.15, 0.2) is 5.71 Å². The van der Waals surface area contributed by atoms with Crippen molar-refractivity contribution in [1.82, 2.24) is 0 Å². The number of halogens is 1. The van der Waals surface area contributed by atoms with Gasteiger partial charge in [0.05, 0.1) is 24.8 Å². The van der Waals surface area contributed by atoms with Gasteiger partial charge in [-0.2, -0.15) is 4.58 Å². The molecule has 24 heavy (non-hydrogen) atoms. The average molecular weight is 418 g/mol. The Morgan fingerprint density at radius 1 is 1.12 bits per heavy atom. The van der Waals surface area contributed by atoms with Crippen molar-refractivity contribution in [3.05, 3.63) is 29.8 Å². The van der Waals surface area contributed by atoms with Crippen molar-refractivity contribution in [3.8, 4) is 0 Å². The number of rotatable bonds is 8. The van der Waals surface area contributed by atoms with Crippen LogP contribution in [0, 0.1) is 0 Å². The normalized spacial score (nSPS) is 16.0. The Morgan fingerprint density at radius 2 is 1.71 bits per heavy atom. The Balaban J connectivity index is 0.00000288. The molecule has 1 aromatic rings. The van der Waals surface area contributed by atoms with E-state index in [2.05, 4.69) is 49.6 Å². The van der Waals surface area contributed by atoms with Crippen LogP contribution in [-0.2, 0) is 19.0 Å². The number of hydrogen-bond donors (Lipinski definition) is 0. The second-order valence-corrected chi connectivity index (χ2v) is 8.59. The van der Waals surface area contributed by atoms with E-state index in [1.807, 2.05) is 13.8 Å². The maximum atomic E-state index is 12.6. The summed E-state index contributed by atoms with van der Waals surface area (Å²) in [4.78, 5) is 0. The Morgan fingerprint density at radius 3 is 2.29 bits per heavy atom. The van der Waals surface area contributed by atoms with Crippen LogP contribution >= 0.6 is 7.60 Å². The van der Waals surface area contributed by atoms with Crippen molar-refractivity contribution in [3.63, 3.8) is 0 Å². The zero-order chi connectivity index (χ0) is 17.1. The summed E-state index contributed by atoms with van der Waals surface area (Å²) >= 11 is 0. The van der Waals surface area contributed by atoms with Crippen molar-refractivity contribution in [2.24, 2.45) is 0 Å². The minimum Gasteiger partial charge on any atom is -1.00 e. The van der Waals surface area contributed by atoms with Crippen LogP contribution < -0.4 is 17.0 Å². The minimum atomic E-state index is -2.95. The molecular weight excluding hydrogens is 389 g/mol. The molecule has 0 aromatic heterocycles. The third-order valence-corrected chi connectivity index (χ3v) is 6.81. The molecule has 0 amide bonds. The van der Waals surface area contributed by atoms with Gasteiger partial charge in [-0.15, -0.1) is 0 Å². The van der Waals surface area contributed by atoms with Crippen molar-refractivity contribution < 1.29 is 35.2 Å². The highest BCUT2D eigenvalue weighted by Gasteiger charge is 2.42. The molecule has 0 aliphatic carbocycles. The quantitative estimate of drug-likeness (QED) is 0.477. The smallest absolute Gasteiger partial charge is 0.330 e. The van der Waals surface area contributed by atoms with Gasteiger partial charge in [-0.3, -0.25) is 4.57 Å². The molecular formula is C18H29BrNO3P. The minimum absolute atomic E-state index is 0. The van der Waals surface area contributed by atoms with Crippen LogP contribution in [0.1, 0.15) is 46.6 Å². The first-order chi connectivity index (χ1) is 10.9. The highest BCUT2D eigenvalue weighted by Crippen LogP contribution is 2.48. The fourth-order valence-corrected chi connectivity index (χ4v) is 4.87. The summed E-state index contributed by atoms with van der Waals surface area (Å²) in [6.07, 6.45) is 1.24. The van der Waals surface area contributed by atoms with Crippen molar-refractivity contribution in [1.29, 1.82) is 0 Å². The first kappa shape index (κ1) is 21.6. The number of hydrogen-bond acceptors (Lipinski definition) is 3. The maximum absolute atomic E-state index is 12.6. The first-order valence-electron chi connectivity index (χ1n) is 8.45. The molecule has 0 fully saturated rings. The fourth-order valence-electron chi connectivity index (χ4n) is 3.22. The largest absolute Gasteiger partial charge is 1.00 e. The molecule has 0 radical (unpaired) electrons. The highest BCUT2D eigenvalue weighted by atomic mass is 79.9. The van der Waals surface area contributed by atoms with Gasteiger partial charge in [0.1, 0.15) is 6.54 Å². The summed E-state index contributed by atoms with van der Waals surface area (Å²) in [5, 5.41) is 0. The molecule has 0 spiro atoms. The third-order valence-electron chi connectivity index (χ3n) is 4.64. The van der Waals surface area contributed by atoms with Crippen LogP contribution in [-0.4, -0.2) is 36.2 Å². The molecule has 6 heteroatoms. The Bertz CT molecular complexity index is 633. The first-order valence-corrected chi connectivity index (χ1v) is 10.2. The van der Waals surface area contributed by atoms with Gasteiger partial charge < -0.3 is 26.0 Å². The number of fused-ring (bicyclic) bond motifs is 1. The zero-order valence-electron chi connectivity index (χ0n) is 15.3. The molecule has 2 rings (SSSR count). The SMILES string of the molecule is CCOP(=O)(CCC[N+]1=C(C)C(C)(C)c2ccccc21)OCC.[Br-]. The van der Waals surface area contributed by atoms with Gasteiger partial charge in [-0.05, 0) is 27.7 Å². The number of benzene rings is 1. The summed E-state index contributed by atoms with van der Waals surface area (Å²) < 4.78 is 25.7. The summed E-state index contributed by atoms with van der Waals surface area (Å²) in [5.41, 5.74) is 3.99. The lowest BCUT2D eigenvalue weighted by atomic mass is 9.82. The van der Waals surface area contributed by atoms with E-state index >= 15 is 0 Å². The van der Waals surface area contributed by atoms with Gasteiger partial charge in [0, 0.05) is 25.0 Å². The van der Waals surface area contributed by atoms with Crippen LogP contribution in [0.4, 0.5) is 5.69 Å². The highest BCUT2D eigenvalue weighted by molar-refractivity contribution is 7.53. The summed E-state index contributed by atoms with van der Waals surface area (Å²) in [6, 6.07) is 8.53. The van der Waals surface area contributed by atoms with Crippen molar-refractivity contribution in [2.75, 3.05) is 25.9 Å². The lowest BCUT2D eigenvalue weighted by Crippen LogP contribution is -3.00. The standard InChI is InChI=1S/C18H29NO3P.BrH/c1-6-21-23(20,22-7-2)14-10-13-19-15(3)18(4,5)16-11-8-9-12-17(16)19;/h8-9,11-12H,6-7,10,13-14H2,1-5H3;1H/q+1;/p-1. The Hall–Kier alpha value is -0.480. The van der Waals surface area contributed by atoms with Gasteiger partial charge in [0.2, 0.25) is 5.69 Å². The maximum Gasteiger partial charge on any atom is 0.330 e. The molecule has 4 nitrogen and oxygen atoms in total. The van der Waals surface area contributed by atoms with Crippen LogP contribution in [0.15, 0.2) is 24.3 Å². The van der Waals surface area contributed by atoms with E-state index in [0.29, 0.717) is 19.4 Å². The Labute approximate surface area is 156 Å². The summed E-state index contributed by atoms with van der Waals surface area (Å²) in [6.45, 7) is 12.1. The van der Waals surface area contributed by atoms with Crippen LogP contribution in [0.2, 0.25) is 0 Å². The molecule has 1 aromatic carbocycles. The third kappa shape index (κ3) is 4.37. The van der Waals surface area contributed by atoms with E-state index in [1.54, 1.807) is 0 Å². The summed E-state index contributed by atoms with van der Waals surface area (Å²) in [5.74, 6) is 0. The predicted molar refractivity (Wildman–Crippen MR) is 95.3 cm³/mol. The van der Waals surface area contributed by atoms with E-state index in [-0.39, 0.29) is 22.4 Å². The molecule has 0 saturated carbocycles. The monoisotopic (exact) mass is 417 g/mol. The van der Waals surface area contributed by atoms with E-state index in [9.17, 15) is 4.57 Å². The van der Waals surface area contributed by atoms with Crippen LogP contribution in [0.3, 0.4) is 0 Å². The zero-order valence-corrected chi connectivity index (χ0v) is 17.8. The van der Waals surface area contributed by atoms with Crippen LogP contribution in [0.5, 0.6) is 0 Å². The van der Waals surface area contributed by atoms with E-state index in [4.69, 9.17) is 9.05 Å². The fraction of sp³-hybridized carbons (Fsp3) is 0.611. The molecule has 1 heterocycles. The topological polar surface area (TPSA) is 38.5 Å². The number of nitrogens with zero attached hydrogens (tertiary/aromatic N) is 1. The molecule has 0 bridgehead atoms. The molecule has 0 atom stereocenters. The van der Waals surface area contributed by atoms with E-state index in [1.165, 1.54) is 17.0 Å².